The second kappa shape index (κ2) is 7.54. The average molecular weight is 394 g/mol. The molecule has 1 saturated carbocycles. The van der Waals surface area contributed by atoms with Crippen molar-refractivity contribution in [2.75, 3.05) is 21.7 Å². The number of nitro groups is 1. The number of anilines is 3. The molecule has 1 aliphatic heterocycles. The van der Waals surface area contributed by atoms with E-state index in [1.54, 1.807) is 24.0 Å². The van der Waals surface area contributed by atoms with Crippen LogP contribution in [0.2, 0.25) is 0 Å². The summed E-state index contributed by atoms with van der Waals surface area (Å²) in [6.07, 6.45) is 2.66. The van der Waals surface area contributed by atoms with Crippen molar-refractivity contribution in [1.29, 1.82) is 0 Å². The van der Waals surface area contributed by atoms with Crippen molar-refractivity contribution in [3.05, 3.63) is 58.6 Å². The molecule has 1 N–H and O–H groups in total. The number of nitro benzene ring substituents is 1. The number of hydrogen-bond acceptors (Lipinski definition) is 5. The zero-order chi connectivity index (χ0) is 20.5. The Morgan fingerprint density at radius 2 is 1.90 bits per heavy atom. The van der Waals surface area contributed by atoms with Gasteiger partial charge in [-0.1, -0.05) is 6.07 Å². The third-order valence-corrected chi connectivity index (χ3v) is 5.30. The summed E-state index contributed by atoms with van der Waals surface area (Å²) in [6.45, 7) is 2.07. The highest BCUT2D eigenvalue weighted by Gasteiger charge is 2.34. The Morgan fingerprint density at radius 1 is 1.17 bits per heavy atom. The SMILES string of the molecule is CC(=O)N(c1ccc(NC2CCN(c3cccc([N+](=O)[O-])c3)C2=O)cc1)C1CC1. The number of carbonyl (C=O) groups excluding carboxylic acids is 2. The molecule has 2 aromatic carbocycles. The Bertz CT molecular complexity index is 955. The minimum absolute atomic E-state index is 0.0341. The molecule has 2 amide bonds. The molecule has 150 valence electrons. The van der Waals surface area contributed by atoms with Gasteiger partial charge in [0.15, 0.2) is 0 Å². The van der Waals surface area contributed by atoms with Gasteiger partial charge in [0.25, 0.3) is 5.69 Å². The number of hydrogen-bond donors (Lipinski definition) is 1. The van der Waals surface area contributed by atoms with E-state index >= 15 is 0 Å². The monoisotopic (exact) mass is 394 g/mol. The van der Waals surface area contributed by atoms with Crippen LogP contribution in [0.4, 0.5) is 22.7 Å². The maximum Gasteiger partial charge on any atom is 0.271 e. The fourth-order valence-corrected chi connectivity index (χ4v) is 3.75. The first kappa shape index (κ1) is 18.9. The highest BCUT2D eigenvalue weighted by Crippen LogP contribution is 2.33. The number of nitrogens with one attached hydrogen (secondary N) is 1. The molecule has 8 heteroatoms. The van der Waals surface area contributed by atoms with Gasteiger partial charge >= 0.3 is 0 Å². The predicted molar refractivity (Wildman–Crippen MR) is 110 cm³/mol. The smallest absolute Gasteiger partial charge is 0.271 e. The fourth-order valence-electron chi connectivity index (χ4n) is 3.75. The lowest BCUT2D eigenvalue weighted by atomic mass is 10.2. The molecule has 0 radical (unpaired) electrons. The molecular weight excluding hydrogens is 372 g/mol. The lowest BCUT2D eigenvalue weighted by Crippen LogP contribution is -2.33. The molecule has 8 nitrogen and oxygen atoms in total. The lowest BCUT2D eigenvalue weighted by Gasteiger charge is -2.21. The second-order valence-electron chi connectivity index (χ2n) is 7.42. The van der Waals surface area contributed by atoms with Crippen LogP contribution in [-0.2, 0) is 9.59 Å². The van der Waals surface area contributed by atoms with Gasteiger partial charge in [0.1, 0.15) is 6.04 Å². The number of nitrogens with zero attached hydrogens (tertiary/aromatic N) is 3. The highest BCUT2D eigenvalue weighted by atomic mass is 16.6. The molecule has 0 bridgehead atoms. The Labute approximate surface area is 168 Å². The summed E-state index contributed by atoms with van der Waals surface area (Å²) < 4.78 is 0. The van der Waals surface area contributed by atoms with Crippen molar-refractivity contribution in [1.82, 2.24) is 0 Å². The predicted octanol–water partition coefficient (Wildman–Crippen LogP) is 3.33. The molecular formula is C21H22N4O4. The van der Waals surface area contributed by atoms with Crippen LogP contribution in [0.1, 0.15) is 26.2 Å². The molecule has 29 heavy (non-hydrogen) atoms. The van der Waals surface area contributed by atoms with Crippen LogP contribution in [0.25, 0.3) is 0 Å². The molecule has 0 spiro atoms. The summed E-state index contributed by atoms with van der Waals surface area (Å²) in [4.78, 5) is 38.6. The van der Waals surface area contributed by atoms with Crippen LogP contribution < -0.4 is 15.1 Å². The van der Waals surface area contributed by atoms with Crippen LogP contribution in [0.3, 0.4) is 0 Å². The third kappa shape index (κ3) is 3.91. The molecule has 1 aliphatic carbocycles. The van der Waals surface area contributed by atoms with E-state index in [4.69, 9.17) is 0 Å². The number of carbonyl (C=O) groups is 2. The van der Waals surface area contributed by atoms with E-state index in [1.165, 1.54) is 12.1 Å². The van der Waals surface area contributed by atoms with Gasteiger partial charge < -0.3 is 15.1 Å². The Kier molecular flexibility index (Phi) is 4.92. The van der Waals surface area contributed by atoms with E-state index in [-0.39, 0.29) is 17.5 Å². The number of rotatable bonds is 6. The zero-order valence-electron chi connectivity index (χ0n) is 16.1. The quantitative estimate of drug-likeness (QED) is 0.599. The molecule has 1 saturated heterocycles. The van der Waals surface area contributed by atoms with Crippen molar-refractivity contribution >= 4 is 34.6 Å². The van der Waals surface area contributed by atoms with E-state index < -0.39 is 11.0 Å². The van der Waals surface area contributed by atoms with E-state index in [9.17, 15) is 19.7 Å². The molecule has 0 aromatic heterocycles. The van der Waals surface area contributed by atoms with E-state index in [1.807, 2.05) is 29.2 Å². The van der Waals surface area contributed by atoms with Gasteiger partial charge in [-0.3, -0.25) is 19.7 Å². The fraction of sp³-hybridized carbons (Fsp3) is 0.333. The van der Waals surface area contributed by atoms with Gasteiger partial charge in [-0.15, -0.1) is 0 Å². The van der Waals surface area contributed by atoms with Gasteiger partial charge in [-0.05, 0) is 49.6 Å². The summed E-state index contributed by atoms with van der Waals surface area (Å²) in [7, 11) is 0. The van der Waals surface area contributed by atoms with Crippen LogP contribution in [0.5, 0.6) is 0 Å². The van der Waals surface area contributed by atoms with Crippen molar-refractivity contribution in [2.24, 2.45) is 0 Å². The summed E-state index contributed by atoms with van der Waals surface area (Å²) in [5.41, 5.74) is 2.16. The molecule has 1 atom stereocenters. The van der Waals surface area contributed by atoms with Gasteiger partial charge in [-0.25, -0.2) is 0 Å². The lowest BCUT2D eigenvalue weighted by molar-refractivity contribution is -0.384. The van der Waals surface area contributed by atoms with E-state index in [0.717, 1.165) is 24.2 Å². The van der Waals surface area contributed by atoms with Crippen LogP contribution in [-0.4, -0.2) is 35.4 Å². The van der Waals surface area contributed by atoms with E-state index in [0.29, 0.717) is 24.7 Å². The van der Waals surface area contributed by atoms with Gasteiger partial charge in [0.2, 0.25) is 11.8 Å². The van der Waals surface area contributed by atoms with Gasteiger partial charge in [-0.2, -0.15) is 0 Å². The van der Waals surface area contributed by atoms with Crippen molar-refractivity contribution in [3.63, 3.8) is 0 Å². The number of benzene rings is 2. The largest absolute Gasteiger partial charge is 0.374 e. The summed E-state index contributed by atoms with van der Waals surface area (Å²) >= 11 is 0. The normalized spacial score (nSPS) is 18.6. The third-order valence-electron chi connectivity index (χ3n) is 5.30. The Balaban J connectivity index is 1.44. The maximum absolute atomic E-state index is 12.8. The maximum atomic E-state index is 12.8. The summed E-state index contributed by atoms with van der Waals surface area (Å²) in [5, 5.41) is 14.2. The first-order chi connectivity index (χ1) is 13.9. The van der Waals surface area contributed by atoms with E-state index in [2.05, 4.69) is 5.32 Å². The van der Waals surface area contributed by atoms with Gasteiger partial charge in [0, 0.05) is 43.0 Å². The van der Waals surface area contributed by atoms with Crippen molar-refractivity contribution < 1.29 is 14.5 Å². The van der Waals surface area contributed by atoms with Crippen molar-refractivity contribution in [3.8, 4) is 0 Å². The molecule has 2 aromatic rings. The van der Waals surface area contributed by atoms with Crippen LogP contribution >= 0.6 is 0 Å². The first-order valence-corrected chi connectivity index (χ1v) is 9.66. The molecule has 2 aliphatic rings. The first-order valence-electron chi connectivity index (χ1n) is 9.66. The minimum atomic E-state index is -0.465. The molecule has 4 rings (SSSR count). The number of amides is 2. The minimum Gasteiger partial charge on any atom is -0.374 e. The molecule has 2 fully saturated rings. The van der Waals surface area contributed by atoms with Gasteiger partial charge in [0.05, 0.1) is 10.6 Å². The highest BCUT2D eigenvalue weighted by molar-refractivity contribution is 6.01. The second-order valence-corrected chi connectivity index (χ2v) is 7.42. The Morgan fingerprint density at radius 3 is 2.52 bits per heavy atom. The topological polar surface area (TPSA) is 95.8 Å². The number of non-ortho nitro benzene ring substituents is 1. The van der Waals surface area contributed by atoms with Crippen molar-refractivity contribution in [2.45, 2.75) is 38.3 Å². The van der Waals surface area contributed by atoms with Crippen LogP contribution in [0.15, 0.2) is 48.5 Å². The summed E-state index contributed by atoms with van der Waals surface area (Å²) in [6, 6.07) is 13.5. The average Bonchev–Trinajstić information content (AvgIpc) is 3.47. The molecule has 1 heterocycles. The Hall–Kier alpha value is -3.42. The zero-order valence-corrected chi connectivity index (χ0v) is 16.1. The molecule has 1 unspecified atom stereocenters. The van der Waals surface area contributed by atoms with Crippen LogP contribution in [0, 0.1) is 10.1 Å². The standard InChI is InChI=1S/C21H22N4O4/c1-14(26)24(17-9-10-17)16-7-5-15(6-8-16)22-20-11-12-23(21(20)27)18-3-2-4-19(13-18)25(28)29/h2-8,13,17,20,22H,9-12H2,1H3. The summed E-state index contributed by atoms with van der Waals surface area (Å²) in [5.74, 6) is -0.0790.